The first kappa shape index (κ1) is 15.9. The third kappa shape index (κ3) is 5.18. The summed E-state index contributed by atoms with van der Waals surface area (Å²) in [5.74, 6) is -3.84. The van der Waals surface area contributed by atoms with Crippen molar-refractivity contribution < 1.29 is 22.6 Å². The van der Waals surface area contributed by atoms with Crippen molar-refractivity contribution in [3.8, 4) is 0 Å². The molecule has 0 spiro atoms. The first-order valence-corrected chi connectivity index (χ1v) is 6.15. The number of benzene rings is 1. The molecule has 0 heterocycles. The van der Waals surface area contributed by atoms with Crippen LogP contribution >= 0.6 is 0 Å². The van der Waals surface area contributed by atoms with Crippen LogP contribution in [0.15, 0.2) is 12.1 Å². The normalized spacial score (nSPS) is 11.3. The summed E-state index contributed by atoms with van der Waals surface area (Å²) in [6.07, 6.45) is -0.412. The molecule has 108 valence electrons. The van der Waals surface area contributed by atoms with Crippen LogP contribution in [0.4, 0.5) is 13.2 Å². The van der Waals surface area contributed by atoms with E-state index in [0.29, 0.717) is 25.3 Å². The van der Waals surface area contributed by atoms with Crippen molar-refractivity contribution in [2.75, 3.05) is 19.8 Å². The van der Waals surface area contributed by atoms with Crippen LogP contribution < -0.4 is 5.32 Å². The summed E-state index contributed by atoms with van der Waals surface area (Å²) in [5.41, 5.74) is 0.322. The fraction of sp³-hybridized carbons (Fsp3) is 0.538. The largest absolute Gasteiger partial charge is 0.352 e. The third-order valence-corrected chi connectivity index (χ3v) is 2.39. The standard InChI is InChI=1S/C13H18F3NO2/c1-3-18-12(19-4-2)8-17-7-9-5-10(14)13(16)11(15)6-9/h5-6,12,17H,3-4,7-8H2,1-2H3. The summed E-state index contributed by atoms with van der Waals surface area (Å²) < 4.78 is 49.3. The fourth-order valence-electron chi connectivity index (χ4n) is 1.58. The minimum atomic E-state index is -1.45. The number of nitrogens with one attached hydrogen (secondary N) is 1. The molecule has 0 bridgehead atoms. The average Bonchev–Trinajstić information content (AvgIpc) is 2.36. The van der Waals surface area contributed by atoms with Crippen LogP contribution in [-0.2, 0) is 16.0 Å². The van der Waals surface area contributed by atoms with E-state index in [1.54, 1.807) is 0 Å². The number of rotatable bonds is 8. The summed E-state index contributed by atoms with van der Waals surface area (Å²) in [6.45, 7) is 5.28. The molecule has 0 fully saturated rings. The van der Waals surface area contributed by atoms with E-state index in [0.717, 1.165) is 12.1 Å². The van der Waals surface area contributed by atoms with Crippen molar-refractivity contribution in [1.82, 2.24) is 5.32 Å². The molecule has 1 aromatic rings. The number of halogens is 3. The van der Waals surface area contributed by atoms with E-state index in [2.05, 4.69) is 5.32 Å². The summed E-state index contributed by atoms with van der Waals surface area (Å²) in [6, 6.07) is 1.92. The van der Waals surface area contributed by atoms with Crippen molar-refractivity contribution in [2.24, 2.45) is 0 Å². The minimum absolute atomic E-state index is 0.199. The van der Waals surface area contributed by atoms with Gasteiger partial charge in [0.15, 0.2) is 23.7 Å². The molecule has 0 saturated heterocycles. The van der Waals surface area contributed by atoms with Gasteiger partial charge < -0.3 is 14.8 Å². The minimum Gasteiger partial charge on any atom is -0.352 e. The van der Waals surface area contributed by atoms with E-state index in [1.807, 2.05) is 13.8 Å². The molecule has 0 saturated carbocycles. The van der Waals surface area contributed by atoms with Gasteiger partial charge in [-0.05, 0) is 31.5 Å². The molecule has 1 aromatic carbocycles. The lowest BCUT2D eigenvalue weighted by atomic mass is 10.2. The van der Waals surface area contributed by atoms with E-state index in [9.17, 15) is 13.2 Å². The molecule has 0 unspecified atom stereocenters. The van der Waals surface area contributed by atoms with E-state index < -0.39 is 23.7 Å². The lowest BCUT2D eigenvalue weighted by molar-refractivity contribution is -0.133. The highest BCUT2D eigenvalue weighted by Crippen LogP contribution is 2.13. The molecule has 0 amide bonds. The van der Waals surface area contributed by atoms with Crippen LogP contribution in [0.2, 0.25) is 0 Å². The molecule has 1 rings (SSSR count). The van der Waals surface area contributed by atoms with Crippen molar-refractivity contribution in [1.29, 1.82) is 0 Å². The summed E-state index contributed by atoms with van der Waals surface area (Å²) in [5, 5.41) is 2.94. The zero-order chi connectivity index (χ0) is 14.3. The van der Waals surface area contributed by atoms with Gasteiger partial charge in [-0.3, -0.25) is 0 Å². The Morgan fingerprint density at radius 1 is 1.05 bits per heavy atom. The van der Waals surface area contributed by atoms with E-state index in [1.165, 1.54) is 0 Å². The fourth-order valence-corrected chi connectivity index (χ4v) is 1.58. The lowest BCUT2D eigenvalue weighted by Gasteiger charge is -2.17. The maximum atomic E-state index is 13.0. The predicted octanol–water partition coefficient (Wildman–Crippen LogP) is 2.59. The van der Waals surface area contributed by atoms with Crippen molar-refractivity contribution >= 4 is 0 Å². The molecule has 3 nitrogen and oxygen atoms in total. The van der Waals surface area contributed by atoms with E-state index in [-0.39, 0.29) is 6.54 Å². The Labute approximate surface area is 110 Å². The lowest BCUT2D eigenvalue weighted by Crippen LogP contribution is -2.31. The first-order valence-electron chi connectivity index (χ1n) is 6.15. The topological polar surface area (TPSA) is 30.5 Å². The van der Waals surface area contributed by atoms with Gasteiger partial charge in [0.1, 0.15) is 0 Å². The van der Waals surface area contributed by atoms with E-state index in [4.69, 9.17) is 9.47 Å². The third-order valence-electron chi connectivity index (χ3n) is 2.39. The Hall–Kier alpha value is -1.11. The second-order valence-electron chi connectivity index (χ2n) is 3.84. The summed E-state index contributed by atoms with van der Waals surface area (Å²) in [7, 11) is 0. The SMILES string of the molecule is CCOC(CNCc1cc(F)c(F)c(F)c1)OCC. The van der Waals surface area contributed by atoms with Crippen LogP contribution in [0, 0.1) is 17.5 Å². The van der Waals surface area contributed by atoms with E-state index >= 15 is 0 Å². The smallest absolute Gasteiger partial charge is 0.194 e. The Morgan fingerprint density at radius 3 is 2.05 bits per heavy atom. The highest BCUT2D eigenvalue weighted by molar-refractivity contribution is 5.19. The highest BCUT2D eigenvalue weighted by atomic mass is 19.2. The molecule has 19 heavy (non-hydrogen) atoms. The quantitative estimate of drug-likeness (QED) is 0.585. The van der Waals surface area contributed by atoms with Crippen LogP contribution in [-0.4, -0.2) is 26.0 Å². The predicted molar refractivity (Wildman–Crippen MR) is 65.1 cm³/mol. The summed E-state index contributed by atoms with van der Waals surface area (Å²) in [4.78, 5) is 0. The van der Waals surface area contributed by atoms with Gasteiger partial charge in [0.25, 0.3) is 0 Å². The second kappa shape index (κ2) is 8.14. The van der Waals surface area contributed by atoms with Crippen LogP contribution in [0.5, 0.6) is 0 Å². The molecule has 0 aromatic heterocycles. The number of hydrogen-bond acceptors (Lipinski definition) is 3. The summed E-state index contributed by atoms with van der Waals surface area (Å²) >= 11 is 0. The molecule has 0 atom stereocenters. The van der Waals surface area contributed by atoms with Gasteiger partial charge in [-0.2, -0.15) is 0 Å². The average molecular weight is 277 g/mol. The molecule has 0 aliphatic carbocycles. The molecule has 0 aliphatic rings. The van der Waals surface area contributed by atoms with Gasteiger partial charge in [-0.25, -0.2) is 13.2 Å². The van der Waals surface area contributed by atoms with Crippen molar-refractivity contribution in [2.45, 2.75) is 26.7 Å². The number of hydrogen-bond donors (Lipinski definition) is 1. The number of ether oxygens (including phenoxy) is 2. The maximum Gasteiger partial charge on any atom is 0.194 e. The Balaban J connectivity index is 2.48. The van der Waals surface area contributed by atoms with Crippen LogP contribution in [0.3, 0.4) is 0 Å². The Kier molecular flexibility index (Phi) is 6.83. The Morgan fingerprint density at radius 2 is 1.58 bits per heavy atom. The van der Waals surface area contributed by atoms with Crippen LogP contribution in [0.25, 0.3) is 0 Å². The molecule has 0 aliphatic heterocycles. The van der Waals surface area contributed by atoms with Gasteiger partial charge in [-0.1, -0.05) is 0 Å². The van der Waals surface area contributed by atoms with Gasteiger partial charge in [0.05, 0.1) is 0 Å². The van der Waals surface area contributed by atoms with Gasteiger partial charge in [0.2, 0.25) is 0 Å². The highest BCUT2D eigenvalue weighted by Gasteiger charge is 2.11. The molecular formula is C13H18F3NO2. The molecule has 1 N–H and O–H groups in total. The molecule has 6 heteroatoms. The second-order valence-corrected chi connectivity index (χ2v) is 3.84. The molecule has 0 radical (unpaired) electrons. The monoisotopic (exact) mass is 277 g/mol. The maximum absolute atomic E-state index is 13.0. The van der Waals surface area contributed by atoms with Crippen molar-refractivity contribution in [3.05, 3.63) is 35.1 Å². The first-order chi connectivity index (χ1) is 9.08. The Bertz CT molecular complexity index is 372. The van der Waals surface area contributed by atoms with Crippen LogP contribution in [0.1, 0.15) is 19.4 Å². The zero-order valence-corrected chi connectivity index (χ0v) is 11.0. The van der Waals surface area contributed by atoms with Crippen molar-refractivity contribution in [3.63, 3.8) is 0 Å². The molecular weight excluding hydrogens is 259 g/mol. The van der Waals surface area contributed by atoms with Gasteiger partial charge in [0, 0.05) is 26.3 Å². The van der Waals surface area contributed by atoms with Gasteiger partial charge in [-0.15, -0.1) is 0 Å². The van der Waals surface area contributed by atoms with Gasteiger partial charge >= 0.3 is 0 Å². The zero-order valence-electron chi connectivity index (χ0n) is 11.0.